The molecule has 0 spiro atoms. The molecule has 196 valence electrons. The molecule has 6 nitrogen and oxygen atoms in total. The monoisotopic (exact) mass is 646 g/mol. The van der Waals surface area contributed by atoms with E-state index in [-0.39, 0.29) is 5.57 Å². The number of anilines is 1. The van der Waals surface area contributed by atoms with Gasteiger partial charge in [-0.2, -0.15) is 5.26 Å². The average molecular weight is 648 g/mol. The molecule has 0 aromatic heterocycles. The Morgan fingerprint density at radius 2 is 1.38 bits per heavy atom. The molecule has 8 heteroatoms. The van der Waals surface area contributed by atoms with E-state index in [1.807, 2.05) is 54.6 Å². The van der Waals surface area contributed by atoms with Crippen LogP contribution in [0.5, 0.6) is 17.2 Å². The molecule has 4 aromatic rings. The van der Waals surface area contributed by atoms with Crippen molar-refractivity contribution in [3.8, 4) is 23.3 Å². The van der Waals surface area contributed by atoms with Gasteiger partial charge in [0.05, 0.1) is 7.11 Å². The number of methoxy groups -OCH3 is 1. The Kier molecular flexibility index (Phi) is 9.79. The van der Waals surface area contributed by atoms with Gasteiger partial charge in [0.15, 0.2) is 0 Å². The fourth-order valence-corrected chi connectivity index (χ4v) is 4.04. The molecule has 0 unspecified atom stereocenters. The first-order valence-electron chi connectivity index (χ1n) is 11.9. The van der Waals surface area contributed by atoms with E-state index in [1.54, 1.807) is 49.6 Å². The normalized spacial score (nSPS) is 10.9. The summed E-state index contributed by atoms with van der Waals surface area (Å²) in [6.45, 7) is 0.736. The third kappa shape index (κ3) is 8.21. The Bertz CT molecular complexity index is 1490. The average Bonchev–Trinajstić information content (AvgIpc) is 2.96. The highest BCUT2D eigenvalue weighted by molar-refractivity contribution is 9.10. The molecule has 0 saturated carbocycles. The summed E-state index contributed by atoms with van der Waals surface area (Å²) < 4.78 is 19.2. The van der Waals surface area contributed by atoms with Crippen LogP contribution in [0.4, 0.5) is 5.69 Å². The largest absolute Gasteiger partial charge is 0.497 e. The summed E-state index contributed by atoms with van der Waals surface area (Å²) in [6, 6.07) is 29.8. The topological polar surface area (TPSA) is 80.6 Å². The molecular weight excluding hydrogens is 624 g/mol. The molecule has 0 aliphatic heterocycles. The summed E-state index contributed by atoms with van der Waals surface area (Å²) in [5.74, 6) is 1.22. The van der Waals surface area contributed by atoms with E-state index < -0.39 is 5.91 Å². The Morgan fingerprint density at radius 1 is 0.821 bits per heavy atom. The summed E-state index contributed by atoms with van der Waals surface area (Å²) >= 11 is 6.84. The minimum absolute atomic E-state index is 0.0655. The zero-order chi connectivity index (χ0) is 27.6. The molecule has 1 amide bonds. The van der Waals surface area contributed by atoms with E-state index in [1.165, 1.54) is 6.08 Å². The lowest BCUT2D eigenvalue weighted by Gasteiger charge is -2.12. The van der Waals surface area contributed by atoms with Gasteiger partial charge in [0.1, 0.15) is 42.1 Å². The lowest BCUT2D eigenvalue weighted by Crippen LogP contribution is -2.13. The fraction of sp³-hybridized carbons (Fsp3) is 0.0968. The summed E-state index contributed by atoms with van der Waals surface area (Å²) in [4.78, 5) is 12.9. The van der Waals surface area contributed by atoms with Crippen LogP contribution >= 0.6 is 31.9 Å². The molecule has 0 radical (unpaired) electrons. The van der Waals surface area contributed by atoms with Gasteiger partial charge in [-0.25, -0.2) is 0 Å². The number of benzene rings is 4. The predicted molar refractivity (Wildman–Crippen MR) is 159 cm³/mol. The number of amides is 1. The van der Waals surface area contributed by atoms with Crippen LogP contribution in [0.3, 0.4) is 0 Å². The second kappa shape index (κ2) is 13.7. The highest BCUT2D eigenvalue weighted by Crippen LogP contribution is 2.28. The van der Waals surface area contributed by atoms with Gasteiger partial charge in [0.25, 0.3) is 5.91 Å². The third-order valence-corrected chi connectivity index (χ3v) is 6.68. The first kappa shape index (κ1) is 28.0. The molecule has 4 rings (SSSR count). The van der Waals surface area contributed by atoms with Crippen molar-refractivity contribution in [2.45, 2.75) is 13.2 Å². The lowest BCUT2D eigenvalue weighted by atomic mass is 10.1. The third-order valence-electron chi connectivity index (χ3n) is 5.62. The van der Waals surface area contributed by atoms with E-state index in [2.05, 4.69) is 37.2 Å². The Balaban J connectivity index is 1.43. The zero-order valence-corrected chi connectivity index (χ0v) is 24.2. The summed E-state index contributed by atoms with van der Waals surface area (Å²) in [5, 5.41) is 12.5. The van der Waals surface area contributed by atoms with E-state index in [9.17, 15) is 10.1 Å². The Morgan fingerprint density at radius 3 is 1.95 bits per heavy atom. The quantitative estimate of drug-likeness (QED) is 0.140. The molecule has 1 N–H and O–H groups in total. The van der Waals surface area contributed by atoms with Crippen LogP contribution in [-0.2, 0) is 18.0 Å². The van der Waals surface area contributed by atoms with Crippen molar-refractivity contribution >= 4 is 49.5 Å². The van der Waals surface area contributed by atoms with Crippen LogP contribution in [-0.4, -0.2) is 13.0 Å². The van der Waals surface area contributed by atoms with Gasteiger partial charge in [0.2, 0.25) is 0 Å². The molecule has 0 bridgehead atoms. The van der Waals surface area contributed by atoms with Crippen LogP contribution in [0, 0.1) is 11.3 Å². The molecule has 0 aliphatic carbocycles. The number of carbonyl (C=O) groups is 1. The maximum Gasteiger partial charge on any atom is 0.266 e. The van der Waals surface area contributed by atoms with E-state index in [4.69, 9.17) is 14.2 Å². The second-order valence-corrected chi connectivity index (χ2v) is 10.2. The van der Waals surface area contributed by atoms with Crippen molar-refractivity contribution in [3.63, 3.8) is 0 Å². The highest BCUT2D eigenvalue weighted by atomic mass is 79.9. The van der Waals surface area contributed by atoms with Gasteiger partial charge >= 0.3 is 0 Å². The van der Waals surface area contributed by atoms with E-state index >= 15 is 0 Å². The number of hydrogen-bond acceptors (Lipinski definition) is 5. The predicted octanol–water partition coefficient (Wildman–Crippen LogP) is 7.92. The van der Waals surface area contributed by atoms with Crippen LogP contribution in [0.25, 0.3) is 6.08 Å². The van der Waals surface area contributed by atoms with Gasteiger partial charge in [-0.1, -0.05) is 56.1 Å². The number of rotatable bonds is 10. The van der Waals surface area contributed by atoms with Gasteiger partial charge in [-0.15, -0.1) is 0 Å². The summed E-state index contributed by atoms with van der Waals surface area (Å²) in [5.41, 5.74) is 3.07. The number of ether oxygens (including phenoxy) is 3. The minimum Gasteiger partial charge on any atom is -0.497 e. The summed E-state index contributed by atoms with van der Waals surface area (Å²) in [6.07, 6.45) is 1.50. The van der Waals surface area contributed by atoms with Crippen molar-refractivity contribution in [3.05, 3.63) is 122 Å². The molecule has 0 saturated heterocycles. The van der Waals surface area contributed by atoms with Crippen molar-refractivity contribution in [2.24, 2.45) is 0 Å². The fourth-order valence-electron chi connectivity index (χ4n) is 3.51. The second-order valence-electron chi connectivity index (χ2n) is 8.38. The van der Waals surface area contributed by atoms with Crippen molar-refractivity contribution < 1.29 is 19.0 Å². The van der Waals surface area contributed by atoms with Gasteiger partial charge < -0.3 is 19.5 Å². The summed E-state index contributed by atoms with van der Waals surface area (Å²) in [7, 11) is 1.56. The Hall–Kier alpha value is -4.06. The lowest BCUT2D eigenvalue weighted by molar-refractivity contribution is -0.112. The van der Waals surface area contributed by atoms with Crippen LogP contribution in [0.1, 0.15) is 16.7 Å². The molecular formula is C31H24Br2N2O4. The molecule has 0 aliphatic rings. The van der Waals surface area contributed by atoms with Crippen LogP contribution < -0.4 is 19.5 Å². The van der Waals surface area contributed by atoms with Crippen LogP contribution in [0.15, 0.2) is 106 Å². The number of nitrogens with zero attached hydrogens (tertiary/aromatic N) is 1. The standard InChI is InChI=1S/C31H24Br2N2O4/c1-37-29-13-6-23(30(17-29)39-20-22-4-9-26(33)10-5-22)16-24(18-34)31(36)35-27-11-14-28(15-12-27)38-19-21-2-7-25(32)8-3-21/h2-17H,19-20H2,1H3,(H,35,36)/b24-16+. The molecule has 0 heterocycles. The van der Waals surface area contributed by atoms with Crippen molar-refractivity contribution in [1.82, 2.24) is 0 Å². The van der Waals surface area contributed by atoms with E-state index in [0.717, 1.165) is 20.1 Å². The van der Waals surface area contributed by atoms with Crippen LogP contribution in [0.2, 0.25) is 0 Å². The minimum atomic E-state index is -0.532. The Labute approximate surface area is 244 Å². The van der Waals surface area contributed by atoms with E-state index in [0.29, 0.717) is 41.7 Å². The molecule has 39 heavy (non-hydrogen) atoms. The maximum absolute atomic E-state index is 12.9. The van der Waals surface area contributed by atoms with Gasteiger partial charge in [-0.3, -0.25) is 4.79 Å². The first-order chi connectivity index (χ1) is 18.9. The van der Waals surface area contributed by atoms with Crippen molar-refractivity contribution in [1.29, 1.82) is 5.26 Å². The molecule has 4 aromatic carbocycles. The number of nitrogens with one attached hydrogen (secondary N) is 1. The highest BCUT2D eigenvalue weighted by Gasteiger charge is 2.13. The number of carbonyl (C=O) groups excluding carboxylic acids is 1. The zero-order valence-electron chi connectivity index (χ0n) is 21.0. The number of nitriles is 1. The molecule has 0 atom stereocenters. The first-order valence-corrected chi connectivity index (χ1v) is 13.5. The van der Waals surface area contributed by atoms with Crippen molar-refractivity contribution in [2.75, 3.05) is 12.4 Å². The molecule has 0 fully saturated rings. The number of halogens is 2. The van der Waals surface area contributed by atoms with Gasteiger partial charge in [-0.05, 0) is 77.9 Å². The maximum atomic E-state index is 12.9. The number of hydrogen-bond donors (Lipinski definition) is 1. The van der Waals surface area contributed by atoms with Gasteiger partial charge in [0, 0.05) is 26.3 Å². The smallest absolute Gasteiger partial charge is 0.266 e. The SMILES string of the molecule is COc1ccc(/C=C(\C#N)C(=O)Nc2ccc(OCc3ccc(Br)cc3)cc2)c(OCc2ccc(Br)cc2)c1.